The molecule has 4 heteroatoms. The maximum atomic E-state index is 11.4. The monoisotopic (exact) mass is 218 g/mol. The van der Waals surface area contributed by atoms with E-state index in [0.29, 0.717) is 11.7 Å². The summed E-state index contributed by atoms with van der Waals surface area (Å²) in [4.78, 5) is 11.4. The molecule has 0 aromatic rings. The number of nitrogens with one attached hydrogen (secondary N) is 2. The van der Waals surface area contributed by atoms with Crippen LogP contribution in [0.3, 0.4) is 0 Å². The Balaban J connectivity index is 3.54. The topological polar surface area (TPSA) is 41.1 Å². The molecule has 0 aliphatic carbocycles. The van der Waals surface area contributed by atoms with Gasteiger partial charge in [-0.3, -0.25) is 4.79 Å². The van der Waals surface area contributed by atoms with E-state index in [4.69, 9.17) is 0 Å². The van der Waals surface area contributed by atoms with E-state index < -0.39 is 0 Å². The molecule has 0 aromatic heterocycles. The van der Waals surface area contributed by atoms with Crippen LogP contribution >= 0.6 is 11.8 Å². The van der Waals surface area contributed by atoms with Crippen molar-refractivity contribution in [2.24, 2.45) is 0 Å². The van der Waals surface area contributed by atoms with Gasteiger partial charge in [-0.15, -0.1) is 0 Å². The first-order valence-electron chi connectivity index (χ1n) is 5.13. The highest BCUT2D eigenvalue weighted by Crippen LogP contribution is 2.02. The first-order valence-corrected chi connectivity index (χ1v) is 6.41. The molecule has 2 unspecified atom stereocenters. The summed E-state index contributed by atoms with van der Waals surface area (Å²) in [6.45, 7) is 7.86. The molecule has 3 nitrogen and oxygen atoms in total. The van der Waals surface area contributed by atoms with Crippen LogP contribution in [0.1, 0.15) is 27.2 Å². The van der Waals surface area contributed by atoms with Crippen LogP contribution in [0.2, 0.25) is 0 Å². The number of carbonyl (C=O) groups is 1. The minimum absolute atomic E-state index is 0.138. The number of rotatable bonds is 7. The zero-order valence-electron chi connectivity index (χ0n) is 9.59. The van der Waals surface area contributed by atoms with Crippen molar-refractivity contribution in [3.05, 3.63) is 0 Å². The lowest BCUT2D eigenvalue weighted by Crippen LogP contribution is -2.35. The molecule has 0 heterocycles. The SMILES string of the molecule is CCNC(C)CC(=O)NCC(C)SC. The molecular weight excluding hydrogens is 196 g/mol. The molecule has 0 saturated carbocycles. The zero-order valence-corrected chi connectivity index (χ0v) is 10.4. The number of hydrogen-bond acceptors (Lipinski definition) is 3. The van der Waals surface area contributed by atoms with Crippen molar-refractivity contribution in [3.63, 3.8) is 0 Å². The summed E-state index contributed by atoms with van der Waals surface area (Å²) < 4.78 is 0. The molecule has 0 saturated heterocycles. The highest BCUT2D eigenvalue weighted by Gasteiger charge is 2.08. The third-order valence-electron chi connectivity index (χ3n) is 2.03. The van der Waals surface area contributed by atoms with Crippen LogP contribution in [-0.4, -0.2) is 36.5 Å². The van der Waals surface area contributed by atoms with Gasteiger partial charge in [-0.1, -0.05) is 13.8 Å². The van der Waals surface area contributed by atoms with Crippen LogP contribution in [0.4, 0.5) is 0 Å². The second-order valence-corrected chi connectivity index (χ2v) is 4.79. The normalized spacial score (nSPS) is 14.9. The van der Waals surface area contributed by atoms with Crippen molar-refractivity contribution in [2.45, 2.75) is 38.5 Å². The fourth-order valence-corrected chi connectivity index (χ4v) is 1.36. The highest BCUT2D eigenvalue weighted by atomic mass is 32.2. The minimum Gasteiger partial charge on any atom is -0.355 e. The van der Waals surface area contributed by atoms with E-state index in [1.54, 1.807) is 11.8 Å². The molecule has 2 atom stereocenters. The number of hydrogen-bond donors (Lipinski definition) is 2. The Bertz CT molecular complexity index is 164. The van der Waals surface area contributed by atoms with Gasteiger partial charge in [0.2, 0.25) is 5.91 Å². The van der Waals surface area contributed by atoms with Gasteiger partial charge in [-0.25, -0.2) is 0 Å². The van der Waals surface area contributed by atoms with E-state index in [1.807, 2.05) is 13.8 Å². The highest BCUT2D eigenvalue weighted by molar-refractivity contribution is 7.99. The van der Waals surface area contributed by atoms with Crippen LogP contribution < -0.4 is 10.6 Å². The van der Waals surface area contributed by atoms with Gasteiger partial charge >= 0.3 is 0 Å². The van der Waals surface area contributed by atoms with Crippen molar-refractivity contribution < 1.29 is 4.79 Å². The van der Waals surface area contributed by atoms with Gasteiger partial charge in [0.25, 0.3) is 0 Å². The molecule has 0 rings (SSSR count). The van der Waals surface area contributed by atoms with Crippen LogP contribution in [0, 0.1) is 0 Å². The maximum absolute atomic E-state index is 11.4. The molecular formula is C10H22N2OS. The van der Waals surface area contributed by atoms with Crippen LogP contribution in [0.5, 0.6) is 0 Å². The lowest BCUT2D eigenvalue weighted by molar-refractivity contribution is -0.121. The maximum Gasteiger partial charge on any atom is 0.221 e. The fourth-order valence-electron chi connectivity index (χ4n) is 1.11. The van der Waals surface area contributed by atoms with E-state index in [2.05, 4.69) is 23.8 Å². The summed E-state index contributed by atoms with van der Waals surface area (Å²) in [5.74, 6) is 0.138. The smallest absolute Gasteiger partial charge is 0.221 e. The molecule has 0 bridgehead atoms. The molecule has 1 amide bonds. The van der Waals surface area contributed by atoms with Gasteiger partial charge in [-0.2, -0.15) is 11.8 Å². The predicted octanol–water partition coefficient (Wildman–Crippen LogP) is 1.24. The van der Waals surface area contributed by atoms with Crippen LogP contribution in [0.15, 0.2) is 0 Å². The van der Waals surface area contributed by atoms with E-state index in [0.717, 1.165) is 13.1 Å². The van der Waals surface area contributed by atoms with Crippen molar-refractivity contribution >= 4 is 17.7 Å². The molecule has 0 fully saturated rings. The summed E-state index contributed by atoms with van der Waals surface area (Å²) in [5, 5.41) is 6.63. The molecule has 0 aliphatic heterocycles. The predicted molar refractivity (Wildman–Crippen MR) is 63.7 cm³/mol. The van der Waals surface area contributed by atoms with E-state index >= 15 is 0 Å². The Labute approximate surface area is 91.4 Å². The standard InChI is InChI=1S/C10H22N2OS/c1-5-11-8(2)6-10(13)12-7-9(3)14-4/h8-9,11H,5-7H2,1-4H3,(H,12,13). The van der Waals surface area contributed by atoms with Gasteiger partial charge < -0.3 is 10.6 Å². The lowest BCUT2D eigenvalue weighted by Gasteiger charge is -2.13. The van der Waals surface area contributed by atoms with Crippen molar-refractivity contribution in [1.82, 2.24) is 10.6 Å². The summed E-state index contributed by atoms with van der Waals surface area (Å²) in [6.07, 6.45) is 2.62. The third-order valence-corrected chi connectivity index (χ3v) is 3.00. The Kier molecular flexibility index (Phi) is 7.99. The quantitative estimate of drug-likeness (QED) is 0.675. The Morgan fingerprint density at radius 3 is 2.57 bits per heavy atom. The average molecular weight is 218 g/mol. The molecule has 84 valence electrons. The zero-order chi connectivity index (χ0) is 11.0. The molecule has 0 radical (unpaired) electrons. The van der Waals surface area contributed by atoms with Gasteiger partial charge in [0.1, 0.15) is 0 Å². The first kappa shape index (κ1) is 13.8. The van der Waals surface area contributed by atoms with E-state index in [1.165, 1.54) is 0 Å². The second kappa shape index (κ2) is 8.12. The van der Waals surface area contributed by atoms with Gasteiger partial charge in [0.15, 0.2) is 0 Å². The molecule has 2 N–H and O–H groups in total. The van der Waals surface area contributed by atoms with Crippen LogP contribution in [0.25, 0.3) is 0 Å². The second-order valence-electron chi connectivity index (χ2n) is 3.51. The molecule has 0 aromatic carbocycles. The van der Waals surface area contributed by atoms with Crippen LogP contribution in [-0.2, 0) is 4.79 Å². The molecule has 0 spiro atoms. The van der Waals surface area contributed by atoms with Gasteiger partial charge in [0, 0.05) is 24.3 Å². The summed E-state index contributed by atoms with van der Waals surface area (Å²) in [6, 6.07) is 0.268. The summed E-state index contributed by atoms with van der Waals surface area (Å²) >= 11 is 1.77. The van der Waals surface area contributed by atoms with Crippen molar-refractivity contribution in [3.8, 4) is 0 Å². The van der Waals surface area contributed by atoms with E-state index in [-0.39, 0.29) is 11.9 Å². The largest absolute Gasteiger partial charge is 0.355 e. The van der Waals surface area contributed by atoms with Gasteiger partial charge in [0.05, 0.1) is 0 Å². The first-order chi connectivity index (χ1) is 6.60. The lowest BCUT2D eigenvalue weighted by atomic mass is 10.2. The summed E-state index contributed by atoms with van der Waals surface area (Å²) in [5.41, 5.74) is 0. The number of amides is 1. The minimum atomic E-state index is 0.138. The number of thioether (sulfide) groups is 1. The fraction of sp³-hybridized carbons (Fsp3) is 0.900. The molecule has 0 aliphatic rings. The Morgan fingerprint density at radius 2 is 2.07 bits per heavy atom. The molecule has 14 heavy (non-hydrogen) atoms. The van der Waals surface area contributed by atoms with Crippen molar-refractivity contribution in [2.75, 3.05) is 19.3 Å². The Hall–Kier alpha value is -0.220. The summed E-state index contributed by atoms with van der Waals surface area (Å²) in [7, 11) is 0. The van der Waals surface area contributed by atoms with E-state index in [9.17, 15) is 4.79 Å². The third kappa shape index (κ3) is 7.21. The van der Waals surface area contributed by atoms with Gasteiger partial charge in [-0.05, 0) is 19.7 Å². The average Bonchev–Trinajstić information content (AvgIpc) is 2.14. The number of carbonyl (C=O) groups excluding carboxylic acids is 1. The van der Waals surface area contributed by atoms with Crippen molar-refractivity contribution in [1.29, 1.82) is 0 Å². The Morgan fingerprint density at radius 1 is 1.43 bits per heavy atom.